The lowest BCUT2D eigenvalue weighted by Crippen LogP contribution is -2.43. The quantitative estimate of drug-likeness (QED) is 0.472. The van der Waals surface area contributed by atoms with Gasteiger partial charge in [0.05, 0.1) is 0 Å². The molecule has 0 bridgehead atoms. The Labute approximate surface area is 155 Å². The van der Waals surface area contributed by atoms with Crippen molar-refractivity contribution in [1.29, 1.82) is 0 Å². The van der Waals surface area contributed by atoms with E-state index in [2.05, 4.69) is 10.3 Å². The second-order valence-corrected chi connectivity index (χ2v) is 7.99. The number of aromatic nitrogens is 2. The number of rotatable bonds is 4. The first-order chi connectivity index (χ1) is 12.9. The van der Waals surface area contributed by atoms with E-state index in [1.165, 1.54) is 10.8 Å². The minimum atomic E-state index is -4.65. The van der Waals surface area contributed by atoms with Gasteiger partial charge in [0.15, 0.2) is 0 Å². The van der Waals surface area contributed by atoms with Gasteiger partial charge in [-0.2, -0.15) is 4.57 Å². The van der Waals surface area contributed by atoms with E-state index in [1.807, 2.05) is 60.7 Å². The van der Waals surface area contributed by atoms with E-state index in [4.69, 9.17) is 0 Å². The van der Waals surface area contributed by atoms with Crippen LogP contribution in [0.4, 0.5) is 5.82 Å². The molecule has 2 heterocycles. The number of carbonyl (C=O) groups is 1. The fraction of sp³-hybridized carbons (Fsp3) is 0.105. The number of nitrogens with zero attached hydrogens (tertiary/aromatic N) is 2. The summed E-state index contributed by atoms with van der Waals surface area (Å²) in [5, 5.41) is 2.68. The van der Waals surface area contributed by atoms with Gasteiger partial charge in [-0.1, -0.05) is 60.7 Å². The van der Waals surface area contributed by atoms with Crippen LogP contribution < -0.4 is 9.88 Å². The molecule has 0 amide bonds. The molecular formula is C19H17N3O4P+. The summed E-state index contributed by atoms with van der Waals surface area (Å²) in [6, 6.07) is 18.9. The first-order valence-electron chi connectivity index (χ1n) is 8.34. The van der Waals surface area contributed by atoms with E-state index < -0.39 is 19.3 Å². The minimum absolute atomic E-state index is 0.317. The molecule has 8 heteroatoms. The molecule has 0 spiro atoms. The normalized spacial score (nSPS) is 16.1. The first-order valence-corrected chi connectivity index (χ1v) is 10.0. The monoisotopic (exact) mass is 382 g/mol. The van der Waals surface area contributed by atoms with Crippen LogP contribution in [0.1, 0.15) is 16.1 Å². The van der Waals surface area contributed by atoms with Crippen LogP contribution in [0.5, 0.6) is 0 Å². The molecule has 7 nitrogen and oxygen atoms in total. The number of carbonyl (C=O) groups excluding carboxylic acids is 1. The molecule has 1 aliphatic heterocycles. The average molecular weight is 382 g/mol. The molecule has 4 rings (SSSR count). The molecule has 1 atom stereocenters. The number of fused-ring (bicyclic) bond motifs is 1. The maximum absolute atomic E-state index is 12.6. The molecule has 0 saturated heterocycles. The highest BCUT2D eigenvalue weighted by Crippen LogP contribution is 2.43. The summed E-state index contributed by atoms with van der Waals surface area (Å²) >= 11 is 0. The Morgan fingerprint density at radius 1 is 1.04 bits per heavy atom. The molecule has 1 unspecified atom stereocenters. The zero-order valence-corrected chi connectivity index (χ0v) is 15.1. The lowest BCUT2D eigenvalue weighted by molar-refractivity contribution is -0.552. The average Bonchev–Trinajstić information content (AvgIpc) is 3.01. The number of benzene rings is 2. The van der Waals surface area contributed by atoms with Crippen molar-refractivity contribution in [2.75, 3.05) is 5.32 Å². The maximum atomic E-state index is 12.6. The Kier molecular flexibility index (Phi) is 4.36. The predicted octanol–water partition coefficient (Wildman–Crippen LogP) is 2.20. The van der Waals surface area contributed by atoms with Gasteiger partial charge in [0.2, 0.25) is 0 Å². The number of nitrogens with one attached hydrogen (secondary N) is 1. The van der Waals surface area contributed by atoms with Crippen molar-refractivity contribution in [1.82, 2.24) is 4.98 Å². The molecule has 1 aliphatic rings. The third-order valence-corrected chi connectivity index (χ3v) is 5.41. The molecule has 0 saturated carbocycles. The Bertz CT molecular complexity index is 1050. The van der Waals surface area contributed by atoms with Gasteiger partial charge in [-0.25, -0.2) is 15.1 Å². The van der Waals surface area contributed by atoms with E-state index >= 15 is 0 Å². The maximum Gasteiger partial charge on any atom is 0.381 e. The van der Waals surface area contributed by atoms with E-state index in [1.54, 1.807) is 0 Å². The molecule has 3 aromatic rings. The number of hydrogen-bond donors (Lipinski definition) is 3. The highest BCUT2D eigenvalue weighted by atomic mass is 31.2. The summed E-state index contributed by atoms with van der Waals surface area (Å²) in [4.78, 5) is 36.3. The van der Waals surface area contributed by atoms with Crippen LogP contribution in [-0.2, 0) is 11.0 Å². The van der Waals surface area contributed by atoms with Crippen molar-refractivity contribution in [3.05, 3.63) is 78.1 Å². The van der Waals surface area contributed by atoms with Gasteiger partial charge in [0, 0.05) is 12.0 Å². The molecular weight excluding hydrogens is 365 g/mol. The Morgan fingerprint density at radius 3 is 2.30 bits per heavy atom. The number of hydrogen-bond acceptors (Lipinski definition) is 4. The molecule has 27 heavy (non-hydrogen) atoms. The Morgan fingerprint density at radius 2 is 1.67 bits per heavy atom. The van der Waals surface area contributed by atoms with Crippen molar-refractivity contribution in [2.45, 2.75) is 12.2 Å². The van der Waals surface area contributed by atoms with Gasteiger partial charge >= 0.3 is 19.3 Å². The SMILES string of the molecule is O=C1C(P(=O)(O)O)Nc2c(Cc3ccccc3)nc(-c3ccccc3)c[n+]21. The summed E-state index contributed by atoms with van der Waals surface area (Å²) in [6.07, 6.45) is 1.94. The summed E-state index contributed by atoms with van der Waals surface area (Å²) in [5.74, 6) is -1.97. The van der Waals surface area contributed by atoms with Crippen LogP contribution in [0.15, 0.2) is 66.9 Å². The summed E-state index contributed by atoms with van der Waals surface area (Å²) in [7, 11) is -4.65. The van der Waals surface area contributed by atoms with Crippen LogP contribution >= 0.6 is 7.60 Å². The molecule has 3 N–H and O–H groups in total. The lowest BCUT2D eigenvalue weighted by Gasteiger charge is -2.07. The van der Waals surface area contributed by atoms with Gasteiger partial charge in [0.25, 0.3) is 5.78 Å². The summed E-state index contributed by atoms with van der Waals surface area (Å²) in [6.45, 7) is 0. The molecule has 0 fully saturated rings. The van der Waals surface area contributed by atoms with E-state index in [9.17, 15) is 19.1 Å². The zero-order valence-electron chi connectivity index (χ0n) is 14.2. The van der Waals surface area contributed by atoms with Crippen molar-refractivity contribution >= 4 is 19.3 Å². The second kappa shape index (κ2) is 6.70. The first kappa shape index (κ1) is 17.5. The standard InChI is InChI=1S/C19H16N3O4P/c23-19-18(27(24,25)26)21-17-15(11-13-7-3-1-4-8-13)20-16(12-22(17)19)14-9-5-2-6-10-14/h1-10,12,18H,11H2,(H2,24,25,26)/p+1. The van der Waals surface area contributed by atoms with Gasteiger partial charge in [-0.05, 0) is 5.56 Å². The van der Waals surface area contributed by atoms with Gasteiger partial charge < -0.3 is 9.79 Å². The van der Waals surface area contributed by atoms with Crippen LogP contribution in [0.2, 0.25) is 0 Å². The fourth-order valence-corrected chi connectivity index (χ4v) is 3.79. The van der Waals surface area contributed by atoms with Crippen molar-refractivity contribution in [3.8, 4) is 11.3 Å². The van der Waals surface area contributed by atoms with Crippen LogP contribution in [0.25, 0.3) is 11.3 Å². The number of anilines is 1. The molecule has 1 aromatic heterocycles. The van der Waals surface area contributed by atoms with Gasteiger partial charge in [-0.3, -0.25) is 4.57 Å². The molecule has 2 aromatic carbocycles. The van der Waals surface area contributed by atoms with E-state index in [0.29, 0.717) is 23.6 Å². The zero-order chi connectivity index (χ0) is 19.0. The van der Waals surface area contributed by atoms with Crippen molar-refractivity contribution in [2.24, 2.45) is 0 Å². The van der Waals surface area contributed by atoms with Crippen LogP contribution in [0, 0.1) is 0 Å². The molecule has 136 valence electrons. The Hall–Kier alpha value is -2.86. The Balaban J connectivity index is 1.85. The topological polar surface area (TPSA) is 103 Å². The van der Waals surface area contributed by atoms with E-state index in [-0.39, 0.29) is 0 Å². The fourth-order valence-electron chi connectivity index (χ4n) is 3.09. The molecule has 0 aliphatic carbocycles. The van der Waals surface area contributed by atoms with Gasteiger partial charge in [0.1, 0.15) is 17.6 Å². The minimum Gasteiger partial charge on any atom is -0.321 e. The van der Waals surface area contributed by atoms with Crippen LogP contribution in [0.3, 0.4) is 0 Å². The second-order valence-electron chi connectivity index (χ2n) is 6.29. The molecule has 0 radical (unpaired) electrons. The van der Waals surface area contributed by atoms with Crippen LogP contribution in [-0.4, -0.2) is 26.5 Å². The largest absolute Gasteiger partial charge is 0.381 e. The summed E-state index contributed by atoms with van der Waals surface area (Å²) in [5.41, 5.74) is 2.90. The smallest absolute Gasteiger partial charge is 0.321 e. The van der Waals surface area contributed by atoms with Gasteiger partial charge in [-0.15, -0.1) is 0 Å². The van der Waals surface area contributed by atoms with E-state index in [0.717, 1.165) is 11.1 Å². The highest BCUT2D eigenvalue weighted by molar-refractivity contribution is 7.53. The summed E-state index contributed by atoms with van der Waals surface area (Å²) < 4.78 is 13.0. The highest BCUT2D eigenvalue weighted by Gasteiger charge is 2.51. The predicted molar refractivity (Wildman–Crippen MR) is 99.2 cm³/mol. The lowest BCUT2D eigenvalue weighted by atomic mass is 10.1. The van der Waals surface area contributed by atoms with Crippen molar-refractivity contribution in [3.63, 3.8) is 0 Å². The third kappa shape index (κ3) is 3.40. The van der Waals surface area contributed by atoms with Crippen molar-refractivity contribution < 1.29 is 23.7 Å². The third-order valence-electron chi connectivity index (χ3n) is 4.39.